The predicted molar refractivity (Wildman–Crippen MR) is 212 cm³/mol. The fourth-order valence-corrected chi connectivity index (χ4v) is 8.37. The molecule has 0 radical (unpaired) electrons. The molecule has 0 atom stereocenters. The van der Waals surface area contributed by atoms with Crippen molar-refractivity contribution in [3.05, 3.63) is 196 Å². The summed E-state index contributed by atoms with van der Waals surface area (Å²) < 4.78 is 5.27. The lowest BCUT2D eigenvalue weighted by atomic mass is 9.82. The van der Waals surface area contributed by atoms with Crippen molar-refractivity contribution in [1.82, 2.24) is 13.7 Å². The highest BCUT2D eigenvalue weighted by Gasteiger charge is 2.36. The molecule has 0 fully saturated rings. The van der Waals surface area contributed by atoms with Crippen LogP contribution in [-0.2, 0) is 5.41 Å². The van der Waals surface area contributed by atoms with E-state index in [9.17, 15) is 9.59 Å². The molecule has 0 spiro atoms. The lowest BCUT2D eigenvalue weighted by molar-refractivity contribution is 0.661. The van der Waals surface area contributed by atoms with Crippen molar-refractivity contribution in [3.8, 4) is 39.3 Å². The van der Waals surface area contributed by atoms with Gasteiger partial charge in [0.2, 0.25) is 0 Å². The molecular weight excluding hydrogens is 639 g/mol. The average Bonchev–Trinajstić information content (AvgIpc) is 3.62. The maximum atomic E-state index is 14.3. The molecule has 0 saturated carbocycles. The molecular formula is C47H33N3O2. The van der Waals surface area contributed by atoms with E-state index in [1.165, 1.54) is 32.2 Å². The van der Waals surface area contributed by atoms with Crippen molar-refractivity contribution in [2.45, 2.75) is 19.3 Å². The number of rotatable bonds is 4. The van der Waals surface area contributed by atoms with Gasteiger partial charge in [0, 0.05) is 21.9 Å². The first-order valence-corrected chi connectivity index (χ1v) is 17.6. The van der Waals surface area contributed by atoms with Crippen molar-refractivity contribution in [1.29, 1.82) is 0 Å². The van der Waals surface area contributed by atoms with Gasteiger partial charge in [0.05, 0.1) is 33.3 Å². The lowest BCUT2D eigenvalue weighted by Crippen LogP contribution is -2.38. The highest BCUT2D eigenvalue weighted by Crippen LogP contribution is 2.51. The quantitative estimate of drug-likeness (QED) is 0.187. The first-order chi connectivity index (χ1) is 25.4. The summed E-state index contributed by atoms with van der Waals surface area (Å²) in [5.41, 5.74) is 11.4. The molecule has 1 aliphatic rings. The zero-order chi connectivity index (χ0) is 35.1. The molecule has 9 aromatic rings. The molecule has 0 amide bonds. The van der Waals surface area contributed by atoms with Crippen molar-refractivity contribution >= 4 is 32.7 Å². The standard InChI is InChI=1S/C47H33N3O2/c1-47(2)40-21-13-12-20-35(40)36-28-38-37-26-30(22-24-42(37)48(44(38)29-41(36)47)32-14-6-3-7-15-32)31-23-25-43-39(27-31)45(51)50(34-18-10-5-11-19-34)46(52)49(43)33-16-8-4-9-17-33/h3-29H,1-2H3. The minimum atomic E-state index is -0.407. The Morgan fingerprint density at radius 1 is 0.404 bits per heavy atom. The molecule has 52 heavy (non-hydrogen) atoms. The maximum Gasteiger partial charge on any atom is 0.340 e. The first kappa shape index (κ1) is 30.1. The summed E-state index contributed by atoms with van der Waals surface area (Å²) in [5.74, 6) is 0. The Bertz CT molecular complexity index is 3010. The molecule has 0 unspecified atom stereocenters. The predicted octanol–water partition coefficient (Wildman–Crippen LogP) is 10.2. The summed E-state index contributed by atoms with van der Waals surface area (Å²) in [6.07, 6.45) is 0. The fourth-order valence-electron chi connectivity index (χ4n) is 8.37. The van der Waals surface area contributed by atoms with Gasteiger partial charge in [-0.2, -0.15) is 0 Å². The second kappa shape index (κ2) is 11.1. The van der Waals surface area contributed by atoms with Crippen LogP contribution in [0.2, 0.25) is 0 Å². The monoisotopic (exact) mass is 671 g/mol. The minimum absolute atomic E-state index is 0.123. The summed E-state index contributed by atoms with van der Waals surface area (Å²) in [4.78, 5) is 28.3. The van der Waals surface area contributed by atoms with Gasteiger partial charge in [-0.1, -0.05) is 105 Å². The van der Waals surface area contributed by atoms with Gasteiger partial charge < -0.3 is 4.57 Å². The molecule has 2 heterocycles. The molecule has 0 bridgehead atoms. The van der Waals surface area contributed by atoms with Crippen LogP contribution in [0.1, 0.15) is 25.0 Å². The molecule has 0 N–H and O–H groups in total. The van der Waals surface area contributed by atoms with Gasteiger partial charge in [-0.15, -0.1) is 0 Å². The average molecular weight is 672 g/mol. The third-order valence-electron chi connectivity index (χ3n) is 10.9. The van der Waals surface area contributed by atoms with Crippen molar-refractivity contribution in [2.75, 3.05) is 0 Å². The lowest BCUT2D eigenvalue weighted by Gasteiger charge is -2.21. The Morgan fingerprint density at radius 2 is 0.904 bits per heavy atom. The number of hydrogen-bond acceptors (Lipinski definition) is 2. The van der Waals surface area contributed by atoms with Crippen LogP contribution < -0.4 is 11.2 Å². The third-order valence-corrected chi connectivity index (χ3v) is 10.9. The number of para-hydroxylation sites is 3. The summed E-state index contributed by atoms with van der Waals surface area (Å²) in [6.45, 7) is 4.64. The Balaban J connectivity index is 1.24. The van der Waals surface area contributed by atoms with E-state index in [1.807, 2.05) is 66.7 Å². The van der Waals surface area contributed by atoms with E-state index >= 15 is 0 Å². The van der Waals surface area contributed by atoms with Crippen LogP contribution in [0.25, 0.3) is 72.0 Å². The zero-order valence-electron chi connectivity index (χ0n) is 28.7. The third kappa shape index (κ3) is 4.29. The number of benzene rings is 7. The van der Waals surface area contributed by atoms with Crippen LogP contribution in [-0.4, -0.2) is 13.7 Å². The summed E-state index contributed by atoms with van der Waals surface area (Å²) >= 11 is 0. The molecule has 1 aliphatic carbocycles. The second-order valence-corrected chi connectivity index (χ2v) is 14.1. The smallest absolute Gasteiger partial charge is 0.309 e. The Labute approximate surface area is 299 Å². The zero-order valence-corrected chi connectivity index (χ0v) is 28.7. The topological polar surface area (TPSA) is 48.9 Å². The van der Waals surface area contributed by atoms with E-state index in [2.05, 4.69) is 103 Å². The van der Waals surface area contributed by atoms with Crippen LogP contribution in [0.5, 0.6) is 0 Å². The van der Waals surface area contributed by atoms with E-state index in [0.717, 1.165) is 33.2 Å². The van der Waals surface area contributed by atoms with Crippen molar-refractivity contribution in [3.63, 3.8) is 0 Å². The first-order valence-electron chi connectivity index (χ1n) is 17.6. The fraction of sp³-hybridized carbons (Fsp3) is 0.0638. The van der Waals surface area contributed by atoms with E-state index in [4.69, 9.17) is 0 Å². The van der Waals surface area contributed by atoms with Crippen LogP contribution in [0, 0.1) is 0 Å². The summed E-state index contributed by atoms with van der Waals surface area (Å²) in [7, 11) is 0. The minimum Gasteiger partial charge on any atom is -0.309 e. The van der Waals surface area contributed by atoms with Gasteiger partial charge in [-0.3, -0.25) is 9.36 Å². The van der Waals surface area contributed by atoms with Gasteiger partial charge in [0.25, 0.3) is 5.56 Å². The van der Waals surface area contributed by atoms with Crippen LogP contribution in [0.3, 0.4) is 0 Å². The largest absolute Gasteiger partial charge is 0.340 e. The highest BCUT2D eigenvalue weighted by atomic mass is 16.2. The Kier molecular flexibility index (Phi) is 6.46. The second-order valence-electron chi connectivity index (χ2n) is 14.1. The number of fused-ring (bicyclic) bond motifs is 7. The van der Waals surface area contributed by atoms with Gasteiger partial charge >= 0.3 is 5.69 Å². The van der Waals surface area contributed by atoms with E-state index in [1.54, 1.807) is 16.7 Å². The van der Waals surface area contributed by atoms with E-state index in [-0.39, 0.29) is 11.0 Å². The van der Waals surface area contributed by atoms with Crippen LogP contribution >= 0.6 is 0 Å². The molecule has 0 aliphatic heterocycles. The summed E-state index contributed by atoms with van der Waals surface area (Å²) in [5, 5.41) is 2.78. The van der Waals surface area contributed by atoms with Crippen LogP contribution in [0.15, 0.2) is 173 Å². The number of hydrogen-bond donors (Lipinski definition) is 0. The summed E-state index contributed by atoms with van der Waals surface area (Å²) in [6, 6.07) is 55.1. The van der Waals surface area contributed by atoms with Gasteiger partial charge in [-0.05, 0) is 106 Å². The van der Waals surface area contributed by atoms with Gasteiger partial charge in [0.15, 0.2) is 0 Å². The van der Waals surface area contributed by atoms with E-state index < -0.39 is 5.69 Å². The number of nitrogens with zero attached hydrogens (tertiary/aromatic N) is 3. The highest BCUT2D eigenvalue weighted by molar-refractivity contribution is 6.12. The Morgan fingerprint density at radius 3 is 1.54 bits per heavy atom. The molecule has 0 saturated heterocycles. The van der Waals surface area contributed by atoms with Crippen molar-refractivity contribution in [2.24, 2.45) is 0 Å². The SMILES string of the molecule is CC1(C)c2ccccc2-c2cc3c4cc(-c5ccc6c(c5)c(=O)n(-c5ccccc5)c(=O)n6-c5ccccc5)ccc4n(-c4ccccc4)c3cc21. The Hall–Kier alpha value is -6.72. The molecule has 10 rings (SSSR count). The van der Waals surface area contributed by atoms with Crippen LogP contribution in [0.4, 0.5) is 0 Å². The number of aromatic nitrogens is 3. The van der Waals surface area contributed by atoms with E-state index in [0.29, 0.717) is 22.3 Å². The normalized spacial score (nSPS) is 13.1. The molecule has 7 aromatic carbocycles. The molecule has 2 aromatic heterocycles. The van der Waals surface area contributed by atoms with Gasteiger partial charge in [-0.25, -0.2) is 9.36 Å². The maximum absolute atomic E-state index is 14.3. The molecule has 5 nitrogen and oxygen atoms in total. The van der Waals surface area contributed by atoms with Gasteiger partial charge in [0.1, 0.15) is 0 Å². The van der Waals surface area contributed by atoms with Crippen molar-refractivity contribution < 1.29 is 0 Å². The molecule has 248 valence electrons. The molecule has 5 heteroatoms.